The van der Waals surface area contributed by atoms with E-state index in [0.29, 0.717) is 0 Å². The zero-order valence-corrected chi connectivity index (χ0v) is 8.41. The van der Waals surface area contributed by atoms with Gasteiger partial charge in [-0.15, -0.1) is 0 Å². The van der Waals surface area contributed by atoms with Crippen LogP contribution in [-0.4, -0.2) is 50.3 Å². The highest BCUT2D eigenvalue weighted by Gasteiger charge is 2.34. The molecule has 2 rings (SSSR count). The molecular formula is C10H19N2O. The SMILES string of the molecule is COCCN1C2CC[N]CC1CC2. The van der Waals surface area contributed by atoms with Gasteiger partial charge in [-0.3, -0.25) is 4.90 Å². The van der Waals surface area contributed by atoms with Gasteiger partial charge in [-0.2, -0.15) is 0 Å². The Bertz CT molecular complexity index is 149. The number of methoxy groups -OCH3 is 1. The first-order chi connectivity index (χ1) is 6.42. The van der Waals surface area contributed by atoms with Crippen LogP contribution in [0.2, 0.25) is 0 Å². The highest BCUT2D eigenvalue weighted by atomic mass is 16.5. The molecule has 0 aromatic rings. The van der Waals surface area contributed by atoms with Crippen molar-refractivity contribution in [1.82, 2.24) is 10.2 Å². The summed E-state index contributed by atoms with van der Waals surface area (Å²) in [5.74, 6) is 0. The van der Waals surface area contributed by atoms with E-state index in [1.54, 1.807) is 7.11 Å². The largest absolute Gasteiger partial charge is 0.383 e. The molecule has 0 N–H and O–H groups in total. The second-order valence-corrected chi connectivity index (χ2v) is 4.03. The molecule has 13 heavy (non-hydrogen) atoms. The molecule has 0 aromatic carbocycles. The number of fused-ring (bicyclic) bond motifs is 2. The van der Waals surface area contributed by atoms with Crippen LogP contribution in [0.1, 0.15) is 19.3 Å². The normalized spacial score (nSPS) is 34.8. The molecule has 2 saturated heterocycles. The van der Waals surface area contributed by atoms with E-state index in [4.69, 9.17) is 4.74 Å². The van der Waals surface area contributed by atoms with Gasteiger partial charge in [-0.25, -0.2) is 5.32 Å². The smallest absolute Gasteiger partial charge is 0.0589 e. The van der Waals surface area contributed by atoms with E-state index in [9.17, 15) is 0 Å². The first-order valence-electron chi connectivity index (χ1n) is 5.29. The molecule has 1 radical (unpaired) electrons. The van der Waals surface area contributed by atoms with Gasteiger partial charge in [-0.05, 0) is 19.3 Å². The summed E-state index contributed by atoms with van der Waals surface area (Å²) < 4.78 is 5.14. The third kappa shape index (κ3) is 2.03. The Hall–Kier alpha value is -0.120. The van der Waals surface area contributed by atoms with Crippen molar-refractivity contribution in [3.63, 3.8) is 0 Å². The van der Waals surface area contributed by atoms with Crippen LogP contribution < -0.4 is 5.32 Å². The maximum atomic E-state index is 5.14. The lowest BCUT2D eigenvalue weighted by molar-refractivity contribution is 0.121. The fraction of sp³-hybridized carbons (Fsp3) is 1.00. The van der Waals surface area contributed by atoms with Gasteiger partial charge in [0.15, 0.2) is 0 Å². The summed E-state index contributed by atoms with van der Waals surface area (Å²) in [7, 11) is 1.78. The average Bonchev–Trinajstić information content (AvgIpc) is 2.36. The molecule has 0 saturated carbocycles. The lowest BCUT2D eigenvalue weighted by Gasteiger charge is -2.26. The predicted octanol–water partition coefficient (Wildman–Crippen LogP) is 0.474. The van der Waals surface area contributed by atoms with Crippen molar-refractivity contribution < 1.29 is 4.74 Å². The van der Waals surface area contributed by atoms with Gasteiger partial charge >= 0.3 is 0 Å². The molecule has 0 aromatic heterocycles. The molecule has 2 heterocycles. The van der Waals surface area contributed by atoms with E-state index >= 15 is 0 Å². The fourth-order valence-corrected chi connectivity index (χ4v) is 2.56. The van der Waals surface area contributed by atoms with Crippen LogP contribution in [0.25, 0.3) is 0 Å². The Morgan fingerprint density at radius 3 is 3.00 bits per heavy atom. The van der Waals surface area contributed by atoms with E-state index in [-0.39, 0.29) is 0 Å². The monoisotopic (exact) mass is 183 g/mol. The zero-order chi connectivity index (χ0) is 9.10. The second kappa shape index (κ2) is 4.40. The lowest BCUT2D eigenvalue weighted by Crippen LogP contribution is -2.39. The molecule has 2 atom stereocenters. The minimum Gasteiger partial charge on any atom is -0.383 e. The Morgan fingerprint density at radius 2 is 2.15 bits per heavy atom. The fourth-order valence-electron chi connectivity index (χ4n) is 2.56. The molecule has 2 aliphatic heterocycles. The standard InChI is InChI=1S/C10H19N2O/c1-13-7-6-12-9-2-3-10(12)8-11-5-4-9/h9-10H,2-8H2,1H3. The Balaban J connectivity index is 1.91. The summed E-state index contributed by atoms with van der Waals surface area (Å²) in [5.41, 5.74) is 0. The Morgan fingerprint density at radius 1 is 1.31 bits per heavy atom. The van der Waals surface area contributed by atoms with Gasteiger partial charge < -0.3 is 4.74 Å². The summed E-state index contributed by atoms with van der Waals surface area (Å²) in [4.78, 5) is 2.61. The first-order valence-corrected chi connectivity index (χ1v) is 5.29. The maximum Gasteiger partial charge on any atom is 0.0589 e. The summed E-state index contributed by atoms with van der Waals surface area (Å²) in [6, 6.07) is 1.52. The highest BCUT2D eigenvalue weighted by Crippen LogP contribution is 2.27. The third-order valence-electron chi connectivity index (χ3n) is 3.29. The van der Waals surface area contributed by atoms with E-state index < -0.39 is 0 Å². The van der Waals surface area contributed by atoms with Gasteiger partial charge in [0, 0.05) is 38.8 Å². The van der Waals surface area contributed by atoms with Crippen molar-refractivity contribution in [2.75, 3.05) is 33.4 Å². The molecule has 0 aliphatic carbocycles. The van der Waals surface area contributed by atoms with Crippen LogP contribution in [0.4, 0.5) is 0 Å². The summed E-state index contributed by atoms with van der Waals surface area (Å²) in [5, 5.41) is 4.53. The van der Waals surface area contributed by atoms with Crippen molar-refractivity contribution >= 4 is 0 Å². The maximum absolute atomic E-state index is 5.14. The van der Waals surface area contributed by atoms with Crippen LogP contribution in [-0.2, 0) is 4.74 Å². The van der Waals surface area contributed by atoms with Crippen molar-refractivity contribution in [3.8, 4) is 0 Å². The molecular weight excluding hydrogens is 164 g/mol. The van der Waals surface area contributed by atoms with Crippen molar-refractivity contribution in [2.24, 2.45) is 0 Å². The first kappa shape index (κ1) is 9.44. The average molecular weight is 183 g/mol. The molecule has 0 spiro atoms. The van der Waals surface area contributed by atoms with Crippen molar-refractivity contribution in [2.45, 2.75) is 31.3 Å². The van der Waals surface area contributed by atoms with Gasteiger partial charge in [0.05, 0.1) is 6.61 Å². The van der Waals surface area contributed by atoms with E-state index in [2.05, 4.69) is 10.2 Å². The topological polar surface area (TPSA) is 26.6 Å². The molecule has 3 heteroatoms. The molecule has 0 amide bonds. The van der Waals surface area contributed by atoms with Crippen LogP contribution in [0.15, 0.2) is 0 Å². The van der Waals surface area contributed by atoms with Gasteiger partial charge in [0.2, 0.25) is 0 Å². The van der Waals surface area contributed by atoms with E-state index in [0.717, 1.165) is 38.3 Å². The highest BCUT2D eigenvalue weighted by molar-refractivity contribution is 4.91. The minimum atomic E-state index is 0.725. The Labute approximate surface area is 80.4 Å². The van der Waals surface area contributed by atoms with Crippen LogP contribution in [0.3, 0.4) is 0 Å². The van der Waals surface area contributed by atoms with E-state index in [1.807, 2.05) is 0 Å². The predicted molar refractivity (Wildman–Crippen MR) is 51.9 cm³/mol. The van der Waals surface area contributed by atoms with Crippen molar-refractivity contribution in [3.05, 3.63) is 0 Å². The zero-order valence-electron chi connectivity index (χ0n) is 8.41. The van der Waals surface area contributed by atoms with Crippen LogP contribution in [0, 0.1) is 0 Å². The van der Waals surface area contributed by atoms with Gasteiger partial charge in [0.1, 0.15) is 0 Å². The molecule has 3 nitrogen and oxygen atoms in total. The molecule has 75 valence electrons. The van der Waals surface area contributed by atoms with Crippen molar-refractivity contribution in [1.29, 1.82) is 0 Å². The lowest BCUT2D eigenvalue weighted by atomic mass is 10.1. The second-order valence-electron chi connectivity index (χ2n) is 4.03. The molecule has 2 unspecified atom stereocenters. The number of rotatable bonds is 3. The number of ether oxygens (including phenoxy) is 1. The third-order valence-corrected chi connectivity index (χ3v) is 3.29. The van der Waals surface area contributed by atoms with Crippen LogP contribution in [0.5, 0.6) is 0 Å². The molecule has 2 bridgehead atoms. The summed E-state index contributed by atoms with van der Waals surface area (Å²) in [6.07, 6.45) is 3.99. The number of nitrogens with zero attached hydrogens (tertiary/aromatic N) is 2. The number of hydrogen-bond acceptors (Lipinski definition) is 2. The minimum absolute atomic E-state index is 0.725. The summed E-state index contributed by atoms with van der Waals surface area (Å²) >= 11 is 0. The van der Waals surface area contributed by atoms with Gasteiger partial charge in [-0.1, -0.05) is 0 Å². The van der Waals surface area contributed by atoms with Gasteiger partial charge in [0.25, 0.3) is 0 Å². The Kier molecular flexibility index (Phi) is 3.19. The van der Waals surface area contributed by atoms with Crippen LogP contribution >= 0.6 is 0 Å². The van der Waals surface area contributed by atoms with E-state index in [1.165, 1.54) is 19.3 Å². The molecule has 2 fully saturated rings. The summed E-state index contributed by atoms with van der Waals surface area (Å²) in [6.45, 7) is 4.10. The quantitative estimate of drug-likeness (QED) is 0.636. The number of hydrogen-bond donors (Lipinski definition) is 0. The molecule has 2 aliphatic rings.